The molecule has 0 unspecified atom stereocenters. The number of nitrogen functional groups attached to an aromatic ring is 1. The van der Waals surface area contributed by atoms with Gasteiger partial charge in [0.25, 0.3) is 5.91 Å². The average molecular weight is 210 g/mol. The van der Waals surface area contributed by atoms with Gasteiger partial charge in [0.15, 0.2) is 0 Å². The number of amides is 2. The summed E-state index contributed by atoms with van der Waals surface area (Å²) in [4.78, 5) is 32.3. The van der Waals surface area contributed by atoms with E-state index in [1.807, 2.05) is 0 Å². The number of nitroso groups, excluding NO2 is 1. The van der Waals surface area contributed by atoms with Crippen LogP contribution in [0.4, 0.5) is 0 Å². The van der Waals surface area contributed by atoms with Crippen LogP contribution >= 0.6 is 0 Å². The van der Waals surface area contributed by atoms with Crippen LogP contribution in [0, 0.1) is 18.8 Å². The fraction of sp³-hybridized carbons (Fsp3) is 0.250. The summed E-state index contributed by atoms with van der Waals surface area (Å²) in [6.45, 7) is 2.98. The molecule has 1 rings (SSSR count). The van der Waals surface area contributed by atoms with Crippen molar-refractivity contribution in [2.75, 3.05) is 5.84 Å². The van der Waals surface area contributed by atoms with Crippen LogP contribution in [0.5, 0.6) is 0 Å². The first kappa shape index (κ1) is 10.9. The molecule has 80 valence electrons. The van der Waals surface area contributed by atoms with Gasteiger partial charge in [-0.25, -0.2) is 0 Å². The van der Waals surface area contributed by atoms with Crippen molar-refractivity contribution in [3.63, 3.8) is 0 Å². The van der Waals surface area contributed by atoms with Crippen LogP contribution in [0.2, 0.25) is 0 Å². The molecule has 0 aliphatic carbocycles. The molecule has 1 aromatic rings. The van der Waals surface area contributed by atoms with E-state index in [0.29, 0.717) is 0 Å². The van der Waals surface area contributed by atoms with Crippen molar-refractivity contribution in [1.29, 1.82) is 0 Å². The number of nitrogens with zero attached hydrogens (tertiary/aromatic N) is 2. The molecule has 15 heavy (non-hydrogen) atoms. The summed E-state index contributed by atoms with van der Waals surface area (Å²) < 4.78 is 0.982. The highest BCUT2D eigenvalue weighted by molar-refractivity contribution is 6.02. The summed E-state index contributed by atoms with van der Waals surface area (Å²) in [7, 11) is 0. The van der Waals surface area contributed by atoms with Crippen molar-refractivity contribution >= 4 is 11.8 Å². The van der Waals surface area contributed by atoms with Gasteiger partial charge < -0.3 is 11.6 Å². The van der Waals surface area contributed by atoms with Crippen LogP contribution in [0.25, 0.3) is 0 Å². The van der Waals surface area contributed by atoms with E-state index in [9.17, 15) is 14.5 Å². The summed E-state index contributed by atoms with van der Waals surface area (Å²) in [5.74, 6) is 3.80. The second-order valence-electron chi connectivity index (χ2n) is 3.06. The molecule has 0 aliphatic heterocycles. The Labute approximate surface area is 85.0 Å². The Morgan fingerprint density at radius 1 is 1.33 bits per heavy atom. The summed E-state index contributed by atoms with van der Waals surface area (Å²) in [5.41, 5.74) is 5.66. The zero-order valence-electron chi connectivity index (χ0n) is 8.27. The quantitative estimate of drug-likeness (QED) is 0.519. The van der Waals surface area contributed by atoms with Crippen LogP contribution in [0.15, 0.2) is 5.18 Å². The fourth-order valence-electron chi connectivity index (χ4n) is 1.52. The van der Waals surface area contributed by atoms with Crippen LogP contribution < -0.4 is 11.6 Å². The molecule has 0 bridgehead atoms. The Bertz CT molecular complexity index is 461. The first-order valence-corrected chi connectivity index (χ1v) is 4.06. The van der Waals surface area contributed by atoms with Crippen molar-refractivity contribution < 1.29 is 9.59 Å². The van der Waals surface area contributed by atoms with Gasteiger partial charge in [-0.1, -0.05) is 0 Å². The van der Waals surface area contributed by atoms with Gasteiger partial charge in [-0.3, -0.25) is 14.3 Å². The molecule has 7 heteroatoms. The largest absolute Gasteiger partial charge is 0.364 e. The molecule has 0 aliphatic rings. The molecule has 4 N–H and O–H groups in total. The number of carbonyl (C=O) groups excluding carboxylic acids is 2. The predicted molar refractivity (Wildman–Crippen MR) is 52.7 cm³/mol. The third-order valence-corrected chi connectivity index (χ3v) is 2.22. The molecule has 0 atom stereocenters. The van der Waals surface area contributed by atoms with E-state index < -0.39 is 11.8 Å². The summed E-state index contributed by atoms with van der Waals surface area (Å²) in [6.07, 6.45) is 0. The summed E-state index contributed by atoms with van der Waals surface area (Å²) in [5, 5.41) is 2.28. The van der Waals surface area contributed by atoms with Gasteiger partial charge >= 0.3 is 5.91 Å². The van der Waals surface area contributed by atoms with Gasteiger partial charge in [0.1, 0.15) is 5.69 Å². The van der Waals surface area contributed by atoms with Crippen LogP contribution in [-0.2, 0) is 0 Å². The highest BCUT2D eigenvalue weighted by atomic mass is 16.3. The van der Waals surface area contributed by atoms with Gasteiger partial charge in [0.05, 0.1) is 11.3 Å². The van der Waals surface area contributed by atoms with E-state index >= 15 is 0 Å². The lowest BCUT2D eigenvalue weighted by Gasteiger charge is -2.00. The lowest BCUT2D eigenvalue weighted by atomic mass is 10.1. The smallest absolute Gasteiger partial charge is 0.318 e. The molecule has 0 saturated carbocycles. The molecular formula is C8H10N4O3. The minimum Gasteiger partial charge on any atom is -0.364 e. The van der Waals surface area contributed by atoms with Crippen molar-refractivity contribution in [1.82, 2.24) is 4.68 Å². The van der Waals surface area contributed by atoms with Crippen molar-refractivity contribution in [3.05, 3.63) is 27.4 Å². The van der Waals surface area contributed by atoms with Gasteiger partial charge in [-0.05, 0) is 19.4 Å². The first-order valence-electron chi connectivity index (χ1n) is 4.06. The van der Waals surface area contributed by atoms with Crippen molar-refractivity contribution in [2.45, 2.75) is 13.8 Å². The zero-order chi connectivity index (χ0) is 11.7. The summed E-state index contributed by atoms with van der Waals surface area (Å²) >= 11 is 0. The highest BCUT2D eigenvalue weighted by Gasteiger charge is 2.24. The minimum atomic E-state index is -0.961. The third-order valence-electron chi connectivity index (χ3n) is 2.22. The molecule has 2 amide bonds. The lowest BCUT2D eigenvalue weighted by Crippen LogP contribution is -2.23. The van der Waals surface area contributed by atoms with Crippen LogP contribution in [0.1, 0.15) is 32.1 Å². The van der Waals surface area contributed by atoms with Gasteiger partial charge in [-0.2, -0.15) is 0 Å². The Kier molecular flexibility index (Phi) is 2.56. The molecular weight excluding hydrogens is 200 g/mol. The maximum Gasteiger partial charge on any atom is 0.318 e. The number of nitrogens with two attached hydrogens (primary N) is 2. The third kappa shape index (κ3) is 1.47. The Hall–Kier alpha value is -2.18. The molecule has 7 nitrogen and oxygen atoms in total. The predicted octanol–water partition coefficient (Wildman–Crippen LogP) is -0.176. The second-order valence-corrected chi connectivity index (χ2v) is 3.06. The number of hydrogen-bond acceptors (Lipinski definition) is 4. The van der Waals surface area contributed by atoms with E-state index in [1.165, 1.54) is 13.8 Å². The van der Waals surface area contributed by atoms with E-state index in [4.69, 9.17) is 11.6 Å². The molecule has 1 aromatic heterocycles. The highest BCUT2D eigenvalue weighted by Crippen LogP contribution is 2.20. The Morgan fingerprint density at radius 3 is 2.20 bits per heavy atom. The van der Waals surface area contributed by atoms with Crippen molar-refractivity contribution in [2.24, 2.45) is 10.9 Å². The SMILES string of the molecule is Cc1c(C(=O)N=O)c(C)n(N)c1C(N)=O. The second kappa shape index (κ2) is 3.52. The number of hydrogen-bond donors (Lipinski definition) is 2. The number of primary amides is 1. The molecule has 1 heterocycles. The topological polar surface area (TPSA) is 121 Å². The number of rotatable bonds is 2. The lowest BCUT2D eigenvalue weighted by molar-refractivity contribution is 0.0990. The van der Waals surface area contributed by atoms with E-state index in [2.05, 4.69) is 5.18 Å². The van der Waals surface area contributed by atoms with Crippen LogP contribution in [-0.4, -0.2) is 16.5 Å². The Morgan fingerprint density at radius 2 is 1.87 bits per heavy atom. The summed E-state index contributed by atoms with van der Waals surface area (Å²) in [6, 6.07) is 0. The number of carbonyl (C=O) groups is 2. The average Bonchev–Trinajstić information content (AvgIpc) is 2.37. The van der Waals surface area contributed by atoms with Gasteiger partial charge in [-0.15, -0.1) is 4.91 Å². The Balaban J connectivity index is 3.56. The standard InChI is InChI=1S/C8H10N4O3/c1-3-5(8(14)11-15)4(2)12(10)6(3)7(9)13/h10H2,1-2H3,(H2,9,13). The normalized spacial score (nSPS) is 10.0. The first-order chi connectivity index (χ1) is 6.91. The minimum absolute atomic E-state index is 0.000463. The molecule has 0 saturated heterocycles. The van der Waals surface area contributed by atoms with E-state index in [-0.39, 0.29) is 22.5 Å². The fourth-order valence-corrected chi connectivity index (χ4v) is 1.52. The number of aromatic nitrogens is 1. The van der Waals surface area contributed by atoms with E-state index in [0.717, 1.165) is 4.68 Å². The molecule has 0 spiro atoms. The van der Waals surface area contributed by atoms with E-state index in [1.54, 1.807) is 0 Å². The van der Waals surface area contributed by atoms with Crippen molar-refractivity contribution in [3.8, 4) is 0 Å². The van der Waals surface area contributed by atoms with Gasteiger partial charge in [0, 0.05) is 5.18 Å². The zero-order valence-corrected chi connectivity index (χ0v) is 8.27. The van der Waals surface area contributed by atoms with Gasteiger partial charge in [0.2, 0.25) is 0 Å². The molecule has 0 fully saturated rings. The maximum absolute atomic E-state index is 11.1. The molecule has 0 aromatic carbocycles. The maximum atomic E-state index is 11.1. The monoisotopic (exact) mass is 210 g/mol. The molecule has 0 radical (unpaired) electrons. The van der Waals surface area contributed by atoms with Crippen LogP contribution in [0.3, 0.4) is 0 Å².